The van der Waals surface area contributed by atoms with Crippen LogP contribution in [0.5, 0.6) is 0 Å². The Kier molecular flexibility index (Phi) is 4.23. The number of hydrogen-bond acceptors (Lipinski definition) is 3. The van der Waals surface area contributed by atoms with Crippen LogP contribution in [0.1, 0.15) is 17.2 Å². The molecule has 110 valence electrons. The van der Waals surface area contributed by atoms with E-state index in [1.165, 1.54) is 24.3 Å². The van der Waals surface area contributed by atoms with Crippen molar-refractivity contribution in [1.29, 1.82) is 0 Å². The van der Waals surface area contributed by atoms with E-state index in [1.54, 1.807) is 0 Å². The smallest absolute Gasteiger partial charge is 0.269 e. The summed E-state index contributed by atoms with van der Waals surface area (Å²) in [6, 6.07) is 5.57. The topological polar surface area (TPSA) is 69.2 Å². The lowest BCUT2D eigenvalue weighted by atomic mass is 9.98. The van der Waals surface area contributed by atoms with Crippen LogP contribution in [0, 0.1) is 27.6 Å². The summed E-state index contributed by atoms with van der Waals surface area (Å²) in [6.45, 7) is 0. The van der Waals surface area contributed by atoms with Gasteiger partial charge in [0.1, 0.15) is 17.5 Å². The average molecular weight is 296 g/mol. The minimum atomic E-state index is -1.05. The average Bonchev–Trinajstić information content (AvgIpc) is 2.37. The normalized spacial score (nSPS) is 12.2. The van der Waals surface area contributed by atoms with Crippen LogP contribution in [-0.2, 0) is 6.42 Å². The first kappa shape index (κ1) is 15.0. The molecule has 0 saturated heterocycles. The second-order valence-electron chi connectivity index (χ2n) is 4.52. The summed E-state index contributed by atoms with van der Waals surface area (Å²) >= 11 is 0. The highest BCUT2D eigenvalue weighted by Crippen LogP contribution is 2.24. The standard InChI is InChI=1S/C14H11F3N2O2/c15-9-6-11(16)14(12(17)7-9)13(18)5-8-1-3-10(4-2-8)19(20)21/h1-4,6-7,13H,5,18H2. The maximum Gasteiger partial charge on any atom is 0.269 e. The van der Waals surface area contributed by atoms with Gasteiger partial charge in [-0.3, -0.25) is 10.1 Å². The van der Waals surface area contributed by atoms with Crippen LogP contribution in [0.3, 0.4) is 0 Å². The van der Waals surface area contributed by atoms with Crippen LogP contribution >= 0.6 is 0 Å². The Morgan fingerprint density at radius 1 is 1.10 bits per heavy atom. The van der Waals surface area contributed by atoms with Gasteiger partial charge in [0, 0.05) is 35.9 Å². The van der Waals surface area contributed by atoms with Crippen molar-refractivity contribution in [3.05, 3.63) is 75.1 Å². The van der Waals surface area contributed by atoms with Gasteiger partial charge in [-0.2, -0.15) is 0 Å². The molecule has 2 aromatic carbocycles. The number of rotatable bonds is 4. The highest BCUT2D eigenvalue weighted by molar-refractivity contribution is 5.34. The van der Waals surface area contributed by atoms with Crippen LogP contribution < -0.4 is 5.73 Å². The van der Waals surface area contributed by atoms with Crippen molar-refractivity contribution >= 4 is 5.69 Å². The number of nitro benzene ring substituents is 1. The number of benzene rings is 2. The Hall–Kier alpha value is -2.41. The van der Waals surface area contributed by atoms with Crippen molar-refractivity contribution in [3.8, 4) is 0 Å². The zero-order valence-corrected chi connectivity index (χ0v) is 10.7. The van der Waals surface area contributed by atoms with Crippen molar-refractivity contribution < 1.29 is 18.1 Å². The van der Waals surface area contributed by atoms with E-state index in [-0.39, 0.29) is 12.1 Å². The van der Waals surface area contributed by atoms with E-state index in [0.29, 0.717) is 17.7 Å². The molecule has 0 saturated carbocycles. The summed E-state index contributed by atoms with van der Waals surface area (Å²) in [4.78, 5) is 9.97. The summed E-state index contributed by atoms with van der Waals surface area (Å²) < 4.78 is 40.0. The molecule has 21 heavy (non-hydrogen) atoms. The molecule has 2 N–H and O–H groups in total. The third-order valence-corrected chi connectivity index (χ3v) is 3.02. The van der Waals surface area contributed by atoms with Crippen LogP contribution in [0.25, 0.3) is 0 Å². The molecule has 1 atom stereocenters. The highest BCUT2D eigenvalue weighted by atomic mass is 19.1. The Morgan fingerprint density at radius 3 is 2.10 bits per heavy atom. The number of hydrogen-bond donors (Lipinski definition) is 1. The Balaban J connectivity index is 2.22. The molecule has 0 heterocycles. The van der Waals surface area contributed by atoms with E-state index in [9.17, 15) is 23.3 Å². The lowest BCUT2D eigenvalue weighted by Gasteiger charge is -2.14. The van der Waals surface area contributed by atoms with Crippen LogP contribution in [0.2, 0.25) is 0 Å². The summed E-state index contributed by atoms with van der Waals surface area (Å²) in [5, 5.41) is 10.5. The van der Waals surface area contributed by atoms with Crippen molar-refractivity contribution in [2.45, 2.75) is 12.5 Å². The van der Waals surface area contributed by atoms with Crippen molar-refractivity contribution in [2.24, 2.45) is 5.73 Å². The first-order valence-electron chi connectivity index (χ1n) is 6.02. The molecular formula is C14H11F3N2O2. The molecule has 0 spiro atoms. The molecule has 1 unspecified atom stereocenters. The monoisotopic (exact) mass is 296 g/mol. The predicted octanol–water partition coefficient (Wildman–Crippen LogP) is 3.25. The van der Waals surface area contributed by atoms with Crippen LogP contribution in [0.4, 0.5) is 18.9 Å². The molecular weight excluding hydrogens is 285 g/mol. The second-order valence-corrected chi connectivity index (χ2v) is 4.52. The van der Waals surface area contributed by atoms with E-state index in [0.717, 1.165) is 0 Å². The maximum absolute atomic E-state index is 13.6. The molecule has 2 aromatic rings. The molecule has 0 aliphatic rings. The summed E-state index contributed by atoms with van der Waals surface area (Å²) in [5.41, 5.74) is 5.82. The van der Waals surface area contributed by atoms with Gasteiger partial charge >= 0.3 is 0 Å². The van der Waals surface area contributed by atoms with Gasteiger partial charge in [-0.05, 0) is 12.0 Å². The maximum atomic E-state index is 13.6. The number of nitrogens with two attached hydrogens (primary N) is 1. The zero-order chi connectivity index (χ0) is 15.6. The lowest BCUT2D eigenvalue weighted by molar-refractivity contribution is -0.384. The van der Waals surface area contributed by atoms with Crippen LogP contribution in [-0.4, -0.2) is 4.92 Å². The van der Waals surface area contributed by atoms with E-state index in [2.05, 4.69) is 0 Å². The van der Waals surface area contributed by atoms with Crippen LogP contribution in [0.15, 0.2) is 36.4 Å². The molecule has 0 aromatic heterocycles. The molecule has 0 fully saturated rings. The fraction of sp³-hybridized carbons (Fsp3) is 0.143. The molecule has 0 radical (unpaired) electrons. The van der Waals surface area contributed by atoms with Gasteiger partial charge < -0.3 is 5.73 Å². The first-order chi connectivity index (χ1) is 9.88. The molecule has 0 bridgehead atoms. The minimum absolute atomic E-state index is 0.0669. The number of halogens is 3. The quantitative estimate of drug-likeness (QED) is 0.695. The largest absolute Gasteiger partial charge is 0.323 e. The van der Waals surface area contributed by atoms with Gasteiger partial charge in [-0.1, -0.05) is 12.1 Å². The number of non-ortho nitro benzene ring substituents is 1. The van der Waals surface area contributed by atoms with Crippen molar-refractivity contribution in [1.82, 2.24) is 0 Å². The summed E-state index contributed by atoms with van der Waals surface area (Å²) in [5.74, 6) is -3.12. The molecule has 0 amide bonds. The third-order valence-electron chi connectivity index (χ3n) is 3.02. The van der Waals surface area contributed by atoms with E-state index >= 15 is 0 Å². The van der Waals surface area contributed by atoms with Gasteiger partial charge in [0.15, 0.2) is 0 Å². The fourth-order valence-corrected chi connectivity index (χ4v) is 2.02. The number of nitrogens with zero attached hydrogens (tertiary/aromatic N) is 1. The van der Waals surface area contributed by atoms with Gasteiger partial charge in [-0.25, -0.2) is 13.2 Å². The summed E-state index contributed by atoms with van der Waals surface area (Å²) in [7, 11) is 0. The second kappa shape index (κ2) is 5.92. The van der Waals surface area contributed by atoms with Gasteiger partial charge in [0.05, 0.1) is 4.92 Å². The Labute approximate surface area is 118 Å². The van der Waals surface area contributed by atoms with Gasteiger partial charge in [-0.15, -0.1) is 0 Å². The van der Waals surface area contributed by atoms with E-state index < -0.39 is 34.0 Å². The predicted molar refractivity (Wildman–Crippen MR) is 70.0 cm³/mol. The Bertz CT molecular complexity index is 651. The third kappa shape index (κ3) is 3.38. The fourth-order valence-electron chi connectivity index (χ4n) is 2.02. The molecule has 4 nitrogen and oxygen atoms in total. The molecule has 0 aliphatic heterocycles. The Morgan fingerprint density at radius 2 is 1.62 bits per heavy atom. The zero-order valence-electron chi connectivity index (χ0n) is 10.7. The van der Waals surface area contributed by atoms with E-state index in [4.69, 9.17) is 5.73 Å². The van der Waals surface area contributed by atoms with E-state index in [1.807, 2.05) is 0 Å². The molecule has 0 aliphatic carbocycles. The molecule has 7 heteroatoms. The highest BCUT2D eigenvalue weighted by Gasteiger charge is 2.19. The molecule has 2 rings (SSSR count). The van der Waals surface area contributed by atoms with Gasteiger partial charge in [0.2, 0.25) is 0 Å². The van der Waals surface area contributed by atoms with Crippen molar-refractivity contribution in [3.63, 3.8) is 0 Å². The number of nitro groups is 1. The SMILES string of the molecule is NC(Cc1ccc([N+](=O)[O-])cc1)c1c(F)cc(F)cc1F. The van der Waals surface area contributed by atoms with Gasteiger partial charge in [0.25, 0.3) is 5.69 Å². The first-order valence-corrected chi connectivity index (χ1v) is 6.02. The minimum Gasteiger partial charge on any atom is -0.323 e. The lowest BCUT2D eigenvalue weighted by Crippen LogP contribution is -2.17. The van der Waals surface area contributed by atoms with Crippen molar-refractivity contribution in [2.75, 3.05) is 0 Å². The summed E-state index contributed by atoms with van der Waals surface area (Å²) in [6.07, 6.45) is 0.0669.